The summed E-state index contributed by atoms with van der Waals surface area (Å²) in [6.07, 6.45) is -0.0776. The summed E-state index contributed by atoms with van der Waals surface area (Å²) in [6, 6.07) is -0.966. The maximum Gasteiger partial charge on any atom is 0.219 e. The van der Waals surface area contributed by atoms with Crippen molar-refractivity contribution in [2.75, 3.05) is 19.8 Å². The van der Waals surface area contributed by atoms with E-state index in [9.17, 15) is 29.7 Å². The lowest BCUT2D eigenvalue weighted by Gasteiger charge is -2.42. The fourth-order valence-corrected chi connectivity index (χ4v) is 3.19. The monoisotopic (exact) mass is 432 g/mol. The molecule has 1 fully saturated rings. The number of hydrogen-bond acceptors (Lipinski definition) is 8. The van der Waals surface area contributed by atoms with Crippen molar-refractivity contribution in [1.29, 1.82) is 0 Å². The summed E-state index contributed by atoms with van der Waals surface area (Å²) in [5.74, 6) is -0.282. The third-order valence-corrected chi connectivity index (χ3v) is 4.86. The minimum Gasteiger partial charge on any atom is -0.394 e. The van der Waals surface area contributed by atoms with E-state index in [2.05, 4.69) is 10.6 Å². The van der Waals surface area contributed by atoms with Gasteiger partial charge >= 0.3 is 0 Å². The first-order valence-electron chi connectivity index (χ1n) is 10.5. The summed E-state index contributed by atoms with van der Waals surface area (Å²) >= 11 is 0. The molecule has 5 N–H and O–H groups in total. The number of hydrogen-bond donors (Lipinski definition) is 5. The van der Waals surface area contributed by atoms with Crippen LogP contribution in [0.15, 0.2) is 0 Å². The Hall–Kier alpha value is -1.59. The first-order chi connectivity index (χ1) is 14.3. The van der Waals surface area contributed by atoms with Crippen molar-refractivity contribution in [1.82, 2.24) is 10.6 Å². The molecule has 0 aliphatic carbocycles. The van der Waals surface area contributed by atoms with Crippen molar-refractivity contribution in [2.45, 2.75) is 89.4 Å². The number of aliphatic hydroxyl groups is 3. The summed E-state index contributed by atoms with van der Waals surface area (Å²) < 4.78 is 11.1. The summed E-state index contributed by atoms with van der Waals surface area (Å²) in [5, 5.41) is 34.8. The maximum absolute atomic E-state index is 11.8. The highest BCUT2D eigenvalue weighted by atomic mass is 16.7. The number of ketones is 1. The molecular formula is C20H36N2O8. The Morgan fingerprint density at radius 1 is 0.967 bits per heavy atom. The second kappa shape index (κ2) is 14.4. The summed E-state index contributed by atoms with van der Waals surface area (Å²) in [7, 11) is 0. The van der Waals surface area contributed by atoms with Gasteiger partial charge in [0.05, 0.1) is 6.61 Å². The van der Waals surface area contributed by atoms with E-state index in [0.717, 1.165) is 19.3 Å². The molecule has 0 saturated carbocycles. The molecule has 1 rings (SSSR count). The van der Waals surface area contributed by atoms with Gasteiger partial charge < -0.3 is 40.2 Å². The predicted octanol–water partition coefficient (Wildman–Crippen LogP) is -0.617. The zero-order valence-electron chi connectivity index (χ0n) is 17.8. The van der Waals surface area contributed by atoms with Crippen LogP contribution in [0.1, 0.15) is 58.8 Å². The van der Waals surface area contributed by atoms with Crippen LogP contribution in [0.2, 0.25) is 0 Å². The lowest BCUT2D eigenvalue weighted by atomic mass is 9.97. The van der Waals surface area contributed by atoms with Gasteiger partial charge in [0.15, 0.2) is 6.29 Å². The van der Waals surface area contributed by atoms with Crippen LogP contribution >= 0.6 is 0 Å². The van der Waals surface area contributed by atoms with Crippen molar-refractivity contribution < 1.29 is 39.2 Å². The van der Waals surface area contributed by atoms with Gasteiger partial charge in [-0.25, -0.2) is 0 Å². The van der Waals surface area contributed by atoms with Crippen molar-refractivity contribution in [3.05, 3.63) is 0 Å². The average Bonchev–Trinajstić information content (AvgIpc) is 2.68. The normalized spacial score (nSPS) is 26.2. The molecule has 0 aromatic heterocycles. The Morgan fingerprint density at radius 3 is 2.30 bits per heavy atom. The van der Waals surface area contributed by atoms with E-state index in [1.165, 1.54) is 6.92 Å². The van der Waals surface area contributed by atoms with Gasteiger partial charge in [0.2, 0.25) is 11.8 Å². The number of ether oxygens (including phenoxy) is 2. The number of nitrogens with one attached hydrogen (secondary N) is 2. The van der Waals surface area contributed by atoms with Crippen LogP contribution < -0.4 is 10.6 Å². The molecule has 1 aliphatic heterocycles. The molecule has 5 unspecified atom stereocenters. The average molecular weight is 433 g/mol. The molecule has 174 valence electrons. The molecule has 2 amide bonds. The minimum atomic E-state index is -1.35. The molecular weight excluding hydrogens is 396 g/mol. The minimum absolute atomic E-state index is 0.0505. The smallest absolute Gasteiger partial charge is 0.219 e. The number of carbonyl (C=O) groups is 3. The van der Waals surface area contributed by atoms with Gasteiger partial charge in [0.25, 0.3) is 0 Å². The highest BCUT2D eigenvalue weighted by molar-refractivity contribution is 5.76. The Morgan fingerprint density at radius 2 is 1.67 bits per heavy atom. The van der Waals surface area contributed by atoms with E-state index in [4.69, 9.17) is 9.47 Å². The van der Waals surface area contributed by atoms with E-state index in [1.54, 1.807) is 6.92 Å². The maximum atomic E-state index is 11.8. The third-order valence-electron chi connectivity index (χ3n) is 4.86. The quantitative estimate of drug-likeness (QED) is 0.228. The zero-order valence-corrected chi connectivity index (χ0v) is 17.8. The number of carbonyl (C=O) groups excluding carboxylic acids is 3. The zero-order chi connectivity index (χ0) is 22.5. The Balaban J connectivity index is 2.25. The topological polar surface area (TPSA) is 154 Å². The number of aliphatic hydroxyl groups excluding tert-OH is 3. The second-order valence-electron chi connectivity index (χ2n) is 7.62. The lowest BCUT2D eigenvalue weighted by Crippen LogP contribution is -2.64. The van der Waals surface area contributed by atoms with Gasteiger partial charge in [0, 0.05) is 32.9 Å². The van der Waals surface area contributed by atoms with E-state index >= 15 is 0 Å². The van der Waals surface area contributed by atoms with Crippen LogP contribution in [-0.4, -0.2) is 83.3 Å². The van der Waals surface area contributed by atoms with Crippen LogP contribution in [0.25, 0.3) is 0 Å². The number of Topliss-reactive ketones (excluding diaryl/α,β-unsaturated/α-hetero) is 1. The van der Waals surface area contributed by atoms with Crippen LogP contribution in [0, 0.1) is 0 Å². The number of amides is 2. The largest absolute Gasteiger partial charge is 0.394 e. The molecule has 0 aromatic rings. The van der Waals surface area contributed by atoms with Gasteiger partial charge in [-0.2, -0.15) is 0 Å². The summed E-state index contributed by atoms with van der Waals surface area (Å²) in [5.41, 5.74) is 0. The molecule has 0 radical (unpaired) electrons. The van der Waals surface area contributed by atoms with E-state index in [-0.39, 0.29) is 18.3 Å². The summed E-state index contributed by atoms with van der Waals surface area (Å²) in [6.45, 7) is 3.16. The molecule has 30 heavy (non-hydrogen) atoms. The molecule has 5 atom stereocenters. The van der Waals surface area contributed by atoms with Crippen molar-refractivity contribution in [3.63, 3.8) is 0 Å². The van der Waals surface area contributed by atoms with Crippen LogP contribution in [0.4, 0.5) is 0 Å². The van der Waals surface area contributed by atoms with Gasteiger partial charge in [-0.3, -0.25) is 9.59 Å². The van der Waals surface area contributed by atoms with Gasteiger partial charge in [0.1, 0.15) is 30.1 Å². The number of unbranched alkanes of at least 4 members (excludes halogenated alkanes) is 3. The number of rotatable bonds is 14. The third kappa shape index (κ3) is 9.94. The predicted molar refractivity (Wildman–Crippen MR) is 107 cm³/mol. The first kappa shape index (κ1) is 26.4. The molecule has 0 aromatic carbocycles. The highest BCUT2D eigenvalue weighted by Gasteiger charge is 2.45. The van der Waals surface area contributed by atoms with Crippen molar-refractivity contribution >= 4 is 17.6 Å². The van der Waals surface area contributed by atoms with Gasteiger partial charge in [-0.1, -0.05) is 6.42 Å². The molecule has 10 nitrogen and oxygen atoms in total. The van der Waals surface area contributed by atoms with Gasteiger partial charge in [-0.05, 0) is 32.6 Å². The molecule has 0 spiro atoms. The SMILES string of the molecule is CC(=O)CCCCCNC(=O)CCCCOC1OC(CO)C(O)C(O)C1NC(C)=O. The van der Waals surface area contributed by atoms with E-state index < -0.39 is 43.2 Å². The van der Waals surface area contributed by atoms with Crippen molar-refractivity contribution in [2.24, 2.45) is 0 Å². The molecule has 10 heteroatoms. The van der Waals surface area contributed by atoms with Gasteiger partial charge in [-0.15, -0.1) is 0 Å². The second-order valence-corrected chi connectivity index (χ2v) is 7.62. The lowest BCUT2D eigenvalue weighted by molar-refractivity contribution is -0.270. The summed E-state index contributed by atoms with van der Waals surface area (Å²) in [4.78, 5) is 34.0. The van der Waals surface area contributed by atoms with E-state index in [1.807, 2.05) is 0 Å². The molecule has 0 bridgehead atoms. The Bertz CT molecular complexity index is 545. The first-order valence-corrected chi connectivity index (χ1v) is 10.5. The molecule has 1 heterocycles. The Kier molecular flexibility index (Phi) is 12.7. The van der Waals surface area contributed by atoms with Crippen molar-refractivity contribution in [3.8, 4) is 0 Å². The van der Waals surface area contributed by atoms with Crippen LogP contribution in [0.5, 0.6) is 0 Å². The standard InChI is InChI=1S/C20H36N2O8/c1-13(24)8-4-3-6-10-21-16(26)9-5-7-11-29-20-17(22-14(2)25)19(28)18(27)15(12-23)30-20/h15,17-20,23,27-28H,3-12H2,1-2H3,(H,21,26)(H,22,25). The van der Waals surface area contributed by atoms with E-state index in [0.29, 0.717) is 32.2 Å². The fraction of sp³-hybridized carbons (Fsp3) is 0.850. The fourth-order valence-electron chi connectivity index (χ4n) is 3.19. The Labute approximate surface area is 177 Å². The van der Waals surface area contributed by atoms with Crippen LogP contribution in [0.3, 0.4) is 0 Å². The molecule has 1 aliphatic rings. The highest BCUT2D eigenvalue weighted by Crippen LogP contribution is 2.22. The molecule has 1 saturated heterocycles. The van der Waals surface area contributed by atoms with Crippen LogP contribution in [-0.2, 0) is 23.9 Å².